The Kier molecular flexibility index (Phi) is 5.24. The number of hydrogen-bond donors (Lipinski definition) is 0. The summed E-state index contributed by atoms with van der Waals surface area (Å²) < 4.78 is 103. The molecule has 0 spiro atoms. The number of allylic oxidation sites excluding steroid dienone is 2. The lowest BCUT2D eigenvalue weighted by molar-refractivity contribution is -0.254. The Morgan fingerprint density at radius 1 is 0.629 bits per heavy atom. The Morgan fingerprint density at radius 3 is 1.69 bits per heavy atom. The van der Waals surface area contributed by atoms with Gasteiger partial charge in [-0.05, 0) is 50.2 Å². The van der Waals surface area contributed by atoms with Gasteiger partial charge in [0.05, 0.1) is 14.2 Å². The molecular weight excluding hydrogens is 510 g/mol. The number of alkyl halides is 6. The van der Waals surface area contributed by atoms with Gasteiger partial charge in [0.15, 0.2) is 0 Å². The number of ether oxygens (including phenoxy) is 2. The van der Waals surface area contributed by atoms with E-state index < -0.39 is 28.9 Å². The first-order valence-corrected chi connectivity index (χ1v) is 12.0. The van der Waals surface area contributed by atoms with E-state index in [1.54, 1.807) is 18.2 Å². The molecule has 0 aliphatic heterocycles. The Balaban J connectivity index is 1.96. The Morgan fingerprint density at radius 2 is 1.11 bits per heavy atom. The molecule has 2 nitrogen and oxygen atoms in total. The van der Waals surface area contributed by atoms with Gasteiger partial charge in [-0.3, -0.25) is 0 Å². The van der Waals surface area contributed by atoms with Crippen LogP contribution in [0.5, 0.6) is 11.5 Å². The van der Waals surface area contributed by atoms with E-state index in [0.29, 0.717) is 20.9 Å². The second kappa shape index (κ2) is 7.64. The van der Waals surface area contributed by atoms with Gasteiger partial charge in [0, 0.05) is 52.2 Å². The van der Waals surface area contributed by atoms with Crippen molar-refractivity contribution in [2.45, 2.75) is 31.6 Å². The number of halogens is 6. The van der Waals surface area contributed by atoms with E-state index >= 15 is 17.6 Å². The number of benzene rings is 2. The van der Waals surface area contributed by atoms with Crippen LogP contribution in [0.1, 0.15) is 20.9 Å². The molecule has 184 valence electrons. The van der Waals surface area contributed by atoms with Gasteiger partial charge < -0.3 is 9.47 Å². The van der Waals surface area contributed by atoms with Crippen molar-refractivity contribution < 1.29 is 35.8 Å². The van der Waals surface area contributed by atoms with Gasteiger partial charge in [-0.15, -0.1) is 22.7 Å². The molecule has 10 heteroatoms. The fraction of sp³-hybridized carbons (Fsp3) is 0.280. The van der Waals surface area contributed by atoms with Crippen molar-refractivity contribution in [2.75, 3.05) is 14.2 Å². The van der Waals surface area contributed by atoms with Crippen molar-refractivity contribution in [3.05, 3.63) is 57.3 Å². The second-order valence-electron chi connectivity index (χ2n) is 8.26. The van der Waals surface area contributed by atoms with Crippen molar-refractivity contribution in [2.24, 2.45) is 0 Å². The molecule has 5 rings (SSSR count). The molecule has 0 N–H and O–H groups in total. The smallest absolute Gasteiger partial charge is 0.380 e. The van der Waals surface area contributed by atoms with Crippen LogP contribution in [0.25, 0.3) is 31.3 Å². The summed E-state index contributed by atoms with van der Waals surface area (Å²) in [6, 6.07) is 9.08. The molecule has 2 aromatic carbocycles. The number of thiophene rings is 2. The summed E-state index contributed by atoms with van der Waals surface area (Å²) in [6.45, 7) is 2.93. The summed E-state index contributed by atoms with van der Waals surface area (Å²) >= 11 is 2.13. The van der Waals surface area contributed by atoms with E-state index in [9.17, 15) is 8.78 Å². The van der Waals surface area contributed by atoms with Crippen LogP contribution in [-0.2, 0) is 0 Å². The van der Waals surface area contributed by atoms with Gasteiger partial charge in [-0.2, -0.15) is 26.3 Å². The molecule has 0 atom stereocenters. The number of aryl methyl sites for hydroxylation is 2. The SMILES string of the molecule is COc1ccc2c(C3=C(c4c(C)sc5ccc(OC)cc45)C(F)(F)C(F)(F)C3(F)F)c(C)sc2c1. The van der Waals surface area contributed by atoms with E-state index in [1.165, 1.54) is 46.3 Å². The summed E-state index contributed by atoms with van der Waals surface area (Å²) in [6.07, 6.45) is 0. The van der Waals surface area contributed by atoms with Crippen molar-refractivity contribution in [1.29, 1.82) is 0 Å². The fourth-order valence-electron chi connectivity index (χ4n) is 4.66. The predicted molar refractivity (Wildman–Crippen MR) is 128 cm³/mol. The lowest BCUT2D eigenvalue weighted by Gasteiger charge is -2.26. The molecule has 35 heavy (non-hydrogen) atoms. The first-order valence-electron chi connectivity index (χ1n) is 10.4. The molecule has 0 saturated heterocycles. The zero-order chi connectivity index (χ0) is 25.5. The van der Waals surface area contributed by atoms with Crippen LogP contribution in [0.3, 0.4) is 0 Å². The summed E-state index contributed by atoms with van der Waals surface area (Å²) in [5, 5.41) is 0.343. The third-order valence-corrected chi connectivity index (χ3v) is 8.47. The van der Waals surface area contributed by atoms with Crippen LogP contribution in [0.2, 0.25) is 0 Å². The fourth-order valence-corrected chi connectivity index (χ4v) is 6.81. The Hall–Kier alpha value is -2.72. The van der Waals surface area contributed by atoms with Crippen LogP contribution >= 0.6 is 22.7 Å². The Labute approximate surface area is 204 Å². The van der Waals surface area contributed by atoms with Gasteiger partial charge in [0.2, 0.25) is 0 Å². The van der Waals surface area contributed by atoms with Crippen molar-refractivity contribution in [3.8, 4) is 11.5 Å². The number of rotatable bonds is 4. The zero-order valence-electron chi connectivity index (χ0n) is 18.9. The van der Waals surface area contributed by atoms with Gasteiger partial charge in [-0.1, -0.05) is 0 Å². The monoisotopic (exact) mass is 528 g/mol. The number of hydrogen-bond acceptors (Lipinski definition) is 4. The minimum absolute atomic E-state index is 0.159. The van der Waals surface area contributed by atoms with Crippen molar-refractivity contribution in [1.82, 2.24) is 0 Å². The van der Waals surface area contributed by atoms with Crippen LogP contribution in [0.15, 0.2) is 36.4 Å². The topological polar surface area (TPSA) is 18.5 Å². The molecule has 0 bridgehead atoms. The molecule has 0 radical (unpaired) electrons. The molecule has 2 heterocycles. The molecule has 0 fully saturated rings. The van der Waals surface area contributed by atoms with Crippen molar-refractivity contribution >= 4 is 54.0 Å². The van der Waals surface area contributed by atoms with E-state index in [2.05, 4.69) is 0 Å². The third kappa shape index (κ3) is 3.08. The lowest BCUT2D eigenvalue weighted by atomic mass is 9.91. The molecule has 4 aromatic rings. The summed E-state index contributed by atoms with van der Waals surface area (Å²) in [7, 11) is 2.79. The number of methoxy groups -OCH3 is 2. The largest absolute Gasteiger partial charge is 0.497 e. The number of fused-ring (bicyclic) bond motifs is 2. The summed E-state index contributed by atoms with van der Waals surface area (Å²) in [4.78, 5) is 0.455. The molecule has 2 aromatic heterocycles. The molecule has 0 saturated carbocycles. The molecule has 0 amide bonds. The van der Waals surface area contributed by atoms with Crippen molar-refractivity contribution in [3.63, 3.8) is 0 Å². The van der Waals surface area contributed by atoms with Crippen LogP contribution in [-0.4, -0.2) is 32.0 Å². The minimum Gasteiger partial charge on any atom is -0.497 e. The van der Waals surface area contributed by atoms with Crippen LogP contribution in [0, 0.1) is 13.8 Å². The third-order valence-electron chi connectivity index (χ3n) is 6.31. The maximum absolute atomic E-state index is 15.5. The lowest BCUT2D eigenvalue weighted by Crippen LogP contribution is -2.48. The summed E-state index contributed by atoms with van der Waals surface area (Å²) in [5.74, 6) is -15.1. The molecule has 0 unspecified atom stereocenters. The zero-order valence-corrected chi connectivity index (χ0v) is 20.5. The highest BCUT2D eigenvalue weighted by Gasteiger charge is 2.80. The normalized spacial score (nSPS) is 18.6. The van der Waals surface area contributed by atoms with Gasteiger partial charge >= 0.3 is 17.8 Å². The standard InChI is InChI=1S/C25H18F6O2S2/c1-11-19(15-7-5-14(33-4)10-18(15)35-11)21-22(24(28,29)25(30,31)23(21,26)27)20-12(2)34-17-8-6-13(32-3)9-16(17)20/h5-10H,1-4H3. The molecular formula is C25H18F6O2S2. The van der Waals surface area contributed by atoms with Crippen LogP contribution < -0.4 is 9.47 Å². The second-order valence-corrected chi connectivity index (χ2v) is 10.8. The highest BCUT2D eigenvalue weighted by atomic mass is 32.1. The van der Waals surface area contributed by atoms with Gasteiger partial charge in [-0.25, -0.2) is 0 Å². The maximum Gasteiger partial charge on any atom is 0.380 e. The predicted octanol–water partition coefficient (Wildman–Crippen LogP) is 8.58. The average Bonchev–Trinajstić information content (AvgIpc) is 3.33. The van der Waals surface area contributed by atoms with E-state index in [1.807, 2.05) is 0 Å². The van der Waals surface area contributed by atoms with E-state index in [0.717, 1.165) is 22.7 Å². The molecule has 1 aliphatic rings. The van der Waals surface area contributed by atoms with E-state index in [-0.39, 0.29) is 31.7 Å². The maximum atomic E-state index is 15.5. The highest BCUT2D eigenvalue weighted by molar-refractivity contribution is 7.19. The first-order chi connectivity index (χ1) is 16.4. The van der Waals surface area contributed by atoms with Crippen LogP contribution in [0.4, 0.5) is 26.3 Å². The van der Waals surface area contributed by atoms with Gasteiger partial charge in [0.25, 0.3) is 0 Å². The average molecular weight is 529 g/mol. The van der Waals surface area contributed by atoms with E-state index in [4.69, 9.17) is 9.47 Å². The highest BCUT2D eigenvalue weighted by Crippen LogP contribution is 2.67. The Bertz CT molecular complexity index is 1530. The summed E-state index contributed by atoms with van der Waals surface area (Å²) in [5.41, 5.74) is -3.30. The molecule has 1 aliphatic carbocycles. The first kappa shape index (κ1) is 24.0. The minimum atomic E-state index is -5.63. The quantitative estimate of drug-likeness (QED) is 0.247. The van der Waals surface area contributed by atoms with Gasteiger partial charge in [0.1, 0.15) is 11.5 Å².